The zero-order valence-corrected chi connectivity index (χ0v) is 13.0. The zero-order chi connectivity index (χ0) is 15.1. The molecule has 0 unspecified atom stereocenters. The Morgan fingerprint density at radius 3 is 2.60 bits per heavy atom. The molecule has 0 atom stereocenters. The molecular weight excluding hydrogens is 252 g/mol. The number of nitriles is 1. The summed E-state index contributed by atoms with van der Waals surface area (Å²) in [6.07, 6.45) is 3.49. The van der Waals surface area contributed by atoms with E-state index >= 15 is 0 Å². The third-order valence-corrected chi connectivity index (χ3v) is 3.68. The Morgan fingerprint density at radius 1 is 1.50 bits per heavy atom. The lowest BCUT2D eigenvalue weighted by Gasteiger charge is -2.35. The molecule has 0 aromatic carbocycles. The van der Waals surface area contributed by atoms with Crippen molar-refractivity contribution in [3.63, 3.8) is 0 Å². The van der Waals surface area contributed by atoms with Crippen LogP contribution in [0.3, 0.4) is 0 Å². The number of nitrogens with one attached hydrogen (secondary N) is 1. The van der Waals surface area contributed by atoms with E-state index in [9.17, 15) is 4.79 Å². The SMILES string of the molecule is CC(C)CN/C=C(/C#N)C(=O)N(C)C1CCN(C)CC1. The van der Waals surface area contributed by atoms with Crippen molar-refractivity contribution in [2.24, 2.45) is 5.92 Å². The second kappa shape index (κ2) is 7.91. The van der Waals surface area contributed by atoms with Crippen molar-refractivity contribution < 1.29 is 4.79 Å². The molecule has 0 spiro atoms. The van der Waals surface area contributed by atoms with Gasteiger partial charge in [-0.2, -0.15) is 5.26 Å². The molecule has 0 saturated carbocycles. The summed E-state index contributed by atoms with van der Waals surface area (Å²) in [6, 6.07) is 2.24. The molecule has 0 bridgehead atoms. The van der Waals surface area contributed by atoms with E-state index in [-0.39, 0.29) is 17.5 Å². The van der Waals surface area contributed by atoms with Crippen LogP contribution < -0.4 is 5.32 Å². The average Bonchev–Trinajstić information content (AvgIpc) is 2.42. The molecule has 20 heavy (non-hydrogen) atoms. The number of piperidine rings is 1. The molecule has 1 heterocycles. The number of nitrogens with zero attached hydrogens (tertiary/aromatic N) is 3. The molecule has 1 aliphatic heterocycles. The minimum absolute atomic E-state index is 0.182. The quantitative estimate of drug-likeness (QED) is 0.606. The summed E-state index contributed by atoms with van der Waals surface area (Å²) in [4.78, 5) is 16.3. The highest BCUT2D eigenvalue weighted by molar-refractivity contribution is 5.97. The van der Waals surface area contributed by atoms with Gasteiger partial charge in [0.05, 0.1) is 0 Å². The summed E-state index contributed by atoms with van der Waals surface area (Å²) in [5.41, 5.74) is 0.187. The third kappa shape index (κ3) is 4.86. The van der Waals surface area contributed by atoms with E-state index < -0.39 is 0 Å². The fourth-order valence-corrected chi connectivity index (χ4v) is 2.28. The van der Waals surface area contributed by atoms with Crippen LogP contribution in [-0.4, -0.2) is 55.5 Å². The second-order valence-corrected chi connectivity index (χ2v) is 5.92. The van der Waals surface area contributed by atoms with E-state index in [1.807, 2.05) is 6.07 Å². The van der Waals surface area contributed by atoms with Crippen molar-refractivity contribution in [3.05, 3.63) is 11.8 Å². The van der Waals surface area contributed by atoms with Crippen molar-refractivity contribution in [1.29, 1.82) is 5.26 Å². The lowest BCUT2D eigenvalue weighted by molar-refractivity contribution is -0.128. The maximum atomic E-state index is 12.3. The molecule has 1 saturated heterocycles. The fourth-order valence-electron chi connectivity index (χ4n) is 2.28. The van der Waals surface area contributed by atoms with Crippen LogP contribution >= 0.6 is 0 Å². The highest BCUT2D eigenvalue weighted by atomic mass is 16.2. The lowest BCUT2D eigenvalue weighted by Crippen LogP contribution is -2.45. The van der Waals surface area contributed by atoms with Crippen molar-refractivity contribution >= 4 is 5.91 Å². The number of amides is 1. The van der Waals surface area contributed by atoms with Crippen LogP contribution in [0, 0.1) is 17.2 Å². The summed E-state index contributed by atoms with van der Waals surface area (Å²) >= 11 is 0. The van der Waals surface area contributed by atoms with Crippen molar-refractivity contribution in [2.45, 2.75) is 32.7 Å². The average molecular weight is 278 g/mol. The van der Waals surface area contributed by atoms with Gasteiger partial charge in [0.15, 0.2) is 0 Å². The molecule has 1 amide bonds. The molecule has 0 radical (unpaired) electrons. The summed E-state index contributed by atoms with van der Waals surface area (Å²) in [6.45, 7) is 6.92. The lowest BCUT2D eigenvalue weighted by atomic mass is 10.0. The molecule has 0 aromatic rings. The molecule has 1 fully saturated rings. The zero-order valence-electron chi connectivity index (χ0n) is 13.0. The van der Waals surface area contributed by atoms with E-state index in [1.54, 1.807) is 18.1 Å². The molecule has 112 valence electrons. The molecule has 1 rings (SSSR count). The van der Waals surface area contributed by atoms with Gasteiger partial charge < -0.3 is 15.1 Å². The minimum Gasteiger partial charge on any atom is -0.389 e. The van der Waals surface area contributed by atoms with Gasteiger partial charge in [0.2, 0.25) is 0 Å². The van der Waals surface area contributed by atoms with Crippen LogP contribution in [0.2, 0.25) is 0 Å². The molecule has 1 N–H and O–H groups in total. The van der Waals surface area contributed by atoms with Crippen molar-refractivity contribution in [3.8, 4) is 6.07 Å². The van der Waals surface area contributed by atoms with Gasteiger partial charge in [-0.05, 0) is 38.9 Å². The molecule has 5 nitrogen and oxygen atoms in total. The van der Waals surface area contributed by atoms with Gasteiger partial charge in [-0.25, -0.2) is 0 Å². The maximum absolute atomic E-state index is 12.3. The molecule has 0 aromatic heterocycles. The number of likely N-dealkylation sites (N-methyl/N-ethyl adjacent to an activating group) is 1. The maximum Gasteiger partial charge on any atom is 0.265 e. The van der Waals surface area contributed by atoms with Crippen molar-refractivity contribution in [2.75, 3.05) is 33.7 Å². The Labute approximate surface area is 122 Å². The number of carbonyl (C=O) groups is 1. The van der Waals surface area contributed by atoms with E-state index in [1.165, 1.54) is 0 Å². The first-order chi connectivity index (χ1) is 9.45. The van der Waals surface area contributed by atoms with Crippen LogP contribution in [0.1, 0.15) is 26.7 Å². The van der Waals surface area contributed by atoms with E-state index in [2.05, 4.69) is 31.1 Å². The van der Waals surface area contributed by atoms with Crippen LogP contribution in [0.5, 0.6) is 0 Å². The number of hydrogen-bond donors (Lipinski definition) is 1. The van der Waals surface area contributed by atoms with Crippen LogP contribution in [-0.2, 0) is 4.79 Å². The summed E-state index contributed by atoms with van der Waals surface area (Å²) in [5, 5.41) is 12.2. The first kappa shape index (κ1) is 16.5. The van der Waals surface area contributed by atoms with Gasteiger partial charge in [0, 0.05) is 25.8 Å². The van der Waals surface area contributed by atoms with Gasteiger partial charge >= 0.3 is 0 Å². The van der Waals surface area contributed by atoms with Gasteiger partial charge in [0.25, 0.3) is 5.91 Å². The van der Waals surface area contributed by atoms with Gasteiger partial charge in [-0.1, -0.05) is 13.8 Å². The Kier molecular flexibility index (Phi) is 6.53. The van der Waals surface area contributed by atoms with Gasteiger partial charge in [-0.15, -0.1) is 0 Å². The molecule has 5 heteroatoms. The highest BCUT2D eigenvalue weighted by Gasteiger charge is 2.25. The predicted molar refractivity (Wildman–Crippen MR) is 79.8 cm³/mol. The van der Waals surface area contributed by atoms with E-state index in [4.69, 9.17) is 5.26 Å². The molecular formula is C15H26N4O. The Morgan fingerprint density at radius 2 is 2.10 bits per heavy atom. The number of carbonyl (C=O) groups excluding carboxylic acids is 1. The minimum atomic E-state index is -0.182. The second-order valence-electron chi connectivity index (χ2n) is 5.92. The largest absolute Gasteiger partial charge is 0.389 e. The van der Waals surface area contributed by atoms with Crippen LogP contribution in [0.4, 0.5) is 0 Å². The summed E-state index contributed by atoms with van der Waals surface area (Å²) < 4.78 is 0. The van der Waals surface area contributed by atoms with Crippen molar-refractivity contribution in [1.82, 2.24) is 15.1 Å². The van der Waals surface area contributed by atoms with Gasteiger partial charge in [0.1, 0.15) is 11.6 Å². The number of rotatable bonds is 5. The fraction of sp³-hybridized carbons (Fsp3) is 0.733. The normalized spacial score (nSPS) is 17.9. The number of likely N-dealkylation sites (tertiary alicyclic amines) is 1. The summed E-state index contributed by atoms with van der Waals surface area (Å²) in [7, 11) is 3.89. The molecule has 0 aliphatic carbocycles. The Balaban J connectivity index is 2.59. The van der Waals surface area contributed by atoms with Gasteiger partial charge in [-0.3, -0.25) is 4.79 Å². The standard InChI is InChI=1S/C15H26N4O/c1-12(2)10-17-11-13(9-16)15(20)19(4)14-5-7-18(3)8-6-14/h11-12,14,17H,5-8,10H2,1-4H3/b13-11-. The van der Waals surface area contributed by atoms with E-state index in [0.29, 0.717) is 5.92 Å². The van der Waals surface area contributed by atoms with Crippen LogP contribution in [0.25, 0.3) is 0 Å². The van der Waals surface area contributed by atoms with Crippen LogP contribution in [0.15, 0.2) is 11.8 Å². The summed E-state index contributed by atoms with van der Waals surface area (Å²) in [5.74, 6) is 0.297. The topological polar surface area (TPSA) is 59.4 Å². The molecule has 1 aliphatic rings. The first-order valence-corrected chi connectivity index (χ1v) is 7.25. The first-order valence-electron chi connectivity index (χ1n) is 7.25. The van der Waals surface area contributed by atoms with E-state index in [0.717, 1.165) is 32.5 Å². The Bertz CT molecular complexity index is 389. The Hall–Kier alpha value is -1.54. The number of hydrogen-bond acceptors (Lipinski definition) is 4. The third-order valence-electron chi connectivity index (χ3n) is 3.68. The highest BCUT2D eigenvalue weighted by Crippen LogP contribution is 2.15. The monoisotopic (exact) mass is 278 g/mol. The smallest absolute Gasteiger partial charge is 0.265 e. The predicted octanol–water partition coefficient (Wildman–Crippen LogP) is 1.19.